The van der Waals surface area contributed by atoms with Crippen LogP contribution in [0.2, 0.25) is 0 Å². The molecule has 0 radical (unpaired) electrons. The number of benzene rings is 1. The second-order valence-corrected chi connectivity index (χ2v) is 3.71. The monoisotopic (exact) mass is 271 g/mol. The highest BCUT2D eigenvalue weighted by Crippen LogP contribution is 2.12. The third-order valence-corrected chi connectivity index (χ3v) is 2.34. The van der Waals surface area contributed by atoms with Gasteiger partial charge >= 0.3 is 0 Å². The van der Waals surface area contributed by atoms with Crippen molar-refractivity contribution in [3.05, 3.63) is 53.5 Å². The molecular formula is C14H10FN3O2. The maximum atomic E-state index is 13.3. The number of halogens is 1. The molecule has 2 N–H and O–H groups in total. The van der Waals surface area contributed by atoms with E-state index in [1.807, 2.05) is 0 Å². The number of carbonyl (C=O) groups is 1. The maximum absolute atomic E-state index is 13.3. The number of rotatable bonds is 2. The standard InChI is InChI=1S/C14H10FN3O2/c15-11-6-5-10(3-2-8-19)12(9-11)14(20)17-13-4-1-7-16-18-13/h1,4-7,9,19H,8H2,(H,17,18,20). The van der Waals surface area contributed by atoms with E-state index in [1.54, 1.807) is 12.1 Å². The fourth-order valence-corrected chi connectivity index (χ4v) is 1.50. The highest BCUT2D eigenvalue weighted by molar-refractivity contribution is 6.05. The topological polar surface area (TPSA) is 75.1 Å². The van der Waals surface area contributed by atoms with E-state index in [0.29, 0.717) is 5.56 Å². The number of nitrogens with zero attached hydrogens (tertiary/aromatic N) is 2. The van der Waals surface area contributed by atoms with Gasteiger partial charge < -0.3 is 10.4 Å². The van der Waals surface area contributed by atoms with Gasteiger partial charge in [-0.25, -0.2) is 4.39 Å². The molecule has 1 amide bonds. The highest BCUT2D eigenvalue weighted by atomic mass is 19.1. The van der Waals surface area contributed by atoms with Gasteiger partial charge in [-0.2, -0.15) is 5.10 Å². The SMILES string of the molecule is O=C(Nc1cccnn1)c1cc(F)ccc1C#CCO. The summed E-state index contributed by atoms with van der Waals surface area (Å²) in [6.45, 7) is -0.345. The summed E-state index contributed by atoms with van der Waals surface area (Å²) >= 11 is 0. The number of carbonyl (C=O) groups excluding carboxylic acids is 1. The van der Waals surface area contributed by atoms with Gasteiger partial charge in [-0.05, 0) is 30.3 Å². The Morgan fingerprint density at radius 1 is 1.40 bits per heavy atom. The second kappa shape index (κ2) is 6.41. The number of nitrogens with one attached hydrogen (secondary N) is 1. The minimum Gasteiger partial charge on any atom is -0.384 e. The Hall–Kier alpha value is -2.78. The fraction of sp³-hybridized carbons (Fsp3) is 0.0714. The zero-order valence-corrected chi connectivity index (χ0v) is 10.3. The molecule has 2 rings (SSSR count). The van der Waals surface area contributed by atoms with Crippen LogP contribution in [0.3, 0.4) is 0 Å². The predicted octanol–water partition coefficient (Wildman–Crippen LogP) is 1.21. The molecule has 100 valence electrons. The van der Waals surface area contributed by atoms with E-state index in [-0.39, 0.29) is 18.0 Å². The van der Waals surface area contributed by atoms with Gasteiger partial charge in [0.05, 0.1) is 5.56 Å². The normalized spacial score (nSPS) is 9.50. The average molecular weight is 271 g/mol. The van der Waals surface area contributed by atoms with E-state index >= 15 is 0 Å². The summed E-state index contributed by atoms with van der Waals surface area (Å²) in [5.41, 5.74) is 0.387. The summed E-state index contributed by atoms with van der Waals surface area (Å²) in [5, 5.41) is 18.5. The minimum absolute atomic E-state index is 0.0663. The zero-order chi connectivity index (χ0) is 14.4. The predicted molar refractivity (Wildman–Crippen MR) is 70.3 cm³/mol. The van der Waals surface area contributed by atoms with Gasteiger partial charge in [-0.15, -0.1) is 5.10 Å². The lowest BCUT2D eigenvalue weighted by atomic mass is 10.1. The number of hydrogen-bond acceptors (Lipinski definition) is 4. The summed E-state index contributed by atoms with van der Waals surface area (Å²) in [6, 6.07) is 6.82. The molecule has 0 spiro atoms. The van der Waals surface area contributed by atoms with E-state index in [4.69, 9.17) is 5.11 Å². The summed E-state index contributed by atoms with van der Waals surface area (Å²) in [5.74, 6) is 4.16. The maximum Gasteiger partial charge on any atom is 0.258 e. The highest BCUT2D eigenvalue weighted by Gasteiger charge is 2.12. The smallest absolute Gasteiger partial charge is 0.258 e. The Kier molecular flexibility index (Phi) is 4.37. The molecule has 0 aliphatic heterocycles. The van der Waals surface area contributed by atoms with Gasteiger partial charge in [0.15, 0.2) is 5.82 Å². The molecule has 0 atom stereocenters. The third kappa shape index (κ3) is 3.37. The van der Waals surface area contributed by atoms with Crippen molar-refractivity contribution in [3.8, 4) is 11.8 Å². The van der Waals surface area contributed by atoms with Gasteiger partial charge in [-0.3, -0.25) is 4.79 Å². The Balaban J connectivity index is 2.31. The molecule has 0 unspecified atom stereocenters. The second-order valence-electron chi connectivity index (χ2n) is 3.71. The Bertz CT molecular complexity index is 678. The van der Waals surface area contributed by atoms with Crippen molar-refractivity contribution >= 4 is 11.7 Å². The Morgan fingerprint density at radius 3 is 2.95 bits per heavy atom. The molecule has 5 nitrogen and oxygen atoms in total. The van der Waals surface area contributed by atoms with Gasteiger partial charge in [0, 0.05) is 11.8 Å². The van der Waals surface area contributed by atoms with E-state index < -0.39 is 11.7 Å². The average Bonchev–Trinajstić information content (AvgIpc) is 2.47. The summed E-state index contributed by atoms with van der Waals surface area (Å²) < 4.78 is 13.3. The van der Waals surface area contributed by atoms with E-state index in [0.717, 1.165) is 6.07 Å². The van der Waals surface area contributed by atoms with Crippen LogP contribution >= 0.6 is 0 Å². The molecule has 2 aromatic rings. The molecule has 1 heterocycles. The van der Waals surface area contributed by atoms with Crippen LogP contribution in [0.1, 0.15) is 15.9 Å². The lowest BCUT2D eigenvalue weighted by molar-refractivity contribution is 0.102. The van der Waals surface area contributed by atoms with Crippen LogP contribution in [-0.2, 0) is 0 Å². The summed E-state index contributed by atoms with van der Waals surface area (Å²) in [7, 11) is 0. The number of anilines is 1. The van der Waals surface area contributed by atoms with Gasteiger partial charge in [0.25, 0.3) is 5.91 Å². The van der Waals surface area contributed by atoms with Crippen LogP contribution in [0.25, 0.3) is 0 Å². The van der Waals surface area contributed by atoms with Crippen LogP contribution < -0.4 is 5.32 Å². The molecule has 6 heteroatoms. The Morgan fingerprint density at radius 2 is 2.25 bits per heavy atom. The van der Waals surface area contributed by atoms with E-state index in [9.17, 15) is 9.18 Å². The van der Waals surface area contributed by atoms with Crippen LogP contribution in [0.4, 0.5) is 10.2 Å². The lowest BCUT2D eigenvalue weighted by Gasteiger charge is -2.06. The number of amides is 1. The first kappa shape index (κ1) is 13.6. The number of aliphatic hydroxyl groups is 1. The van der Waals surface area contributed by atoms with Crippen molar-refractivity contribution in [2.24, 2.45) is 0 Å². The van der Waals surface area contributed by atoms with Gasteiger partial charge in [0.2, 0.25) is 0 Å². The van der Waals surface area contributed by atoms with Crippen molar-refractivity contribution in [3.63, 3.8) is 0 Å². The first-order valence-corrected chi connectivity index (χ1v) is 5.69. The molecule has 0 bridgehead atoms. The molecule has 0 saturated carbocycles. The van der Waals surface area contributed by atoms with Crippen molar-refractivity contribution in [2.75, 3.05) is 11.9 Å². The molecule has 20 heavy (non-hydrogen) atoms. The summed E-state index contributed by atoms with van der Waals surface area (Å²) in [6.07, 6.45) is 1.47. The number of hydrogen-bond donors (Lipinski definition) is 2. The van der Waals surface area contributed by atoms with E-state index in [2.05, 4.69) is 27.4 Å². The number of aliphatic hydroxyl groups excluding tert-OH is 1. The fourth-order valence-electron chi connectivity index (χ4n) is 1.50. The van der Waals surface area contributed by atoms with Gasteiger partial charge in [-0.1, -0.05) is 11.8 Å². The van der Waals surface area contributed by atoms with Crippen molar-refractivity contribution < 1.29 is 14.3 Å². The van der Waals surface area contributed by atoms with Crippen LogP contribution in [0.15, 0.2) is 36.5 Å². The lowest BCUT2D eigenvalue weighted by Crippen LogP contribution is -2.15. The van der Waals surface area contributed by atoms with Crippen molar-refractivity contribution in [1.29, 1.82) is 0 Å². The molecule has 1 aromatic heterocycles. The van der Waals surface area contributed by atoms with Crippen LogP contribution in [-0.4, -0.2) is 27.8 Å². The van der Waals surface area contributed by atoms with Crippen molar-refractivity contribution in [2.45, 2.75) is 0 Å². The third-order valence-electron chi connectivity index (χ3n) is 2.34. The largest absolute Gasteiger partial charge is 0.384 e. The molecular weight excluding hydrogens is 261 g/mol. The number of aromatic nitrogens is 2. The molecule has 0 aliphatic rings. The van der Waals surface area contributed by atoms with E-state index in [1.165, 1.54) is 18.3 Å². The quantitative estimate of drug-likeness (QED) is 0.805. The minimum atomic E-state index is -0.552. The molecule has 0 aliphatic carbocycles. The summed E-state index contributed by atoms with van der Waals surface area (Å²) in [4.78, 5) is 12.1. The molecule has 0 fully saturated rings. The zero-order valence-electron chi connectivity index (χ0n) is 10.3. The van der Waals surface area contributed by atoms with Gasteiger partial charge in [0.1, 0.15) is 12.4 Å². The Labute approximate surface area is 114 Å². The van der Waals surface area contributed by atoms with Crippen LogP contribution in [0.5, 0.6) is 0 Å². The first-order chi connectivity index (χ1) is 9.70. The molecule has 0 saturated heterocycles. The molecule has 1 aromatic carbocycles. The first-order valence-electron chi connectivity index (χ1n) is 5.69. The van der Waals surface area contributed by atoms with Crippen LogP contribution in [0, 0.1) is 17.7 Å². The van der Waals surface area contributed by atoms with Crippen molar-refractivity contribution in [1.82, 2.24) is 10.2 Å².